The Bertz CT molecular complexity index is 806. The molecule has 0 bridgehead atoms. The first-order valence-corrected chi connectivity index (χ1v) is 9.88. The molecule has 0 aliphatic carbocycles. The van der Waals surface area contributed by atoms with E-state index in [9.17, 15) is 9.59 Å². The van der Waals surface area contributed by atoms with Gasteiger partial charge >= 0.3 is 5.97 Å². The van der Waals surface area contributed by atoms with E-state index in [1.165, 1.54) is 0 Å². The maximum absolute atomic E-state index is 12.9. The number of amides is 1. The first-order valence-electron chi connectivity index (χ1n) is 9.88. The molecule has 2 aromatic rings. The van der Waals surface area contributed by atoms with Crippen LogP contribution in [-0.4, -0.2) is 18.0 Å². The van der Waals surface area contributed by atoms with Crippen molar-refractivity contribution in [1.29, 1.82) is 0 Å². The van der Waals surface area contributed by atoms with Crippen LogP contribution in [0.5, 0.6) is 0 Å². The van der Waals surface area contributed by atoms with Crippen LogP contribution in [0.1, 0.15) is 55.4 Å². The standard InChI is InChI=1S/C24H31NO3/c1-7-16(3)21(20-11-9-8-10-12-20)24(27)28-19(6)23(26)25-22-17(4)13-15(2)14-18(22)5/h8-14,16,19,21H,7H2,1-6H3,(H,25,26). The minimum Gasteiger partial charge on any atom is -0.452 e. The monoisotopic (exact) mass is 381 g/mol. The summed E-state index contributed by atoms with van der Waals surface area (Å²) in [6.45, 7) is 11.6. The van der Waals surface area contributed by atoms with E-state index < -0.39 is 6.10 Å². The number of nitrogens with one attached hydrogen (secondary N) is 1. The van der Waals surface area contributed by atoms with Crippen LogP contribution in [0.2, 0.25) is 0 Å². The van der Waals surface area contributed by atoms with Gasteiger partial charge in [-0.3, -0.25) is 9.59 Å². The molecule has 2 aromatic carbocycles. The van der Waals surface area contributed by atoms with Crippen molar-refractivity contribution in [2.75, 3.05) is 5.32 Å². The highest BCUT2D eigenvalue weighted by Gasteiger charge is 2.30. The molecule has 3 unspecified atom stereocenters. The fourth-order valence-electron chi connectivity index (χ4n) is 3.50. The number of hydrogen-bond acceptors (Lipinski definition) is 3. The second kappa shape index (κ2) is 9.54. The summed E-state index contributed by atoms with van der Waals surface area (Å²) < 4.78 is 5.58. The Hall–Kier alpha value is -2.62. The van der Waals surface area contributed by atoms with Gasteiger partial charge < -0.3 is 10.1 Å². The Morgan fingerprint density at radius 3 is 2.11 bits per heavy atom. The summed E-state index contributed by atoms with van der Waals surface area (Å²) in [5.41, 5.74) is 4.82. The summed E-state index contributed by atoms with van der Waals surface area (Å²) in [6.07, 6.45) is -0.0281. The predicted molar refractivity (Wildman–Crippen MR) is 113 cm³/mol. The van der Waals surface area contributed by atoms with E-state index in [0.717, 1.165) is 34.4 Å². The SMILES string of the molecule is CCC(C)C(C(=O)OC(C)C(=O)Nc1c(C)cc(C)cc1C)c1ccccc1. The maximum Gasteiger partial charge on any atom is 0.314 e. The molecule has 0 aliphatic rings. The predicted octanol–water partition coefficient (Wildman–Crippen LogP) is 5.31. The highest BCUT2D eigenvalue weighted by Crippen LogP contribution is 2.29. The minimum absolute atomic E-state index is 0.117. The van der Waals surface area contributed by atoms with Crippen LogP contribution in [0.3, 0.4) is 0 Å². The number of ether oxygens (including phenoxy) is 1. The Kier molecular flexibility index (Phi) is 7.38. The fraction of sp³-hybridized carbons (Fsp3) is 0.417. The van der Waals surface area contributed by atoms with Crippen LogP contribution in [0.4, 0.5) is 5.69 Å². The van der Waals surface area contributed by atoms with Crippen LogP contribution in [-0.2, 0) is 14.3 Å². The molecular weight excluding hydrogens is 350 g/mol. The molecule has 28 heavy (non-hydrogen) atoms. The number of aryl methyl sites for hydroxylation is 3. The third-order valence-electron chi connectivity index (χ3n) is 5.21. The summed E-state index contributed by atoms with van der Waals surface area (Å²) in [5.74, 6) is -0.948. The summed E-state index contributed by atoms with van der Waals surface area (Å²) in [5, 5.41) is 2.92. The van der Waals surface area contributed by atoms with E-state index in [1.807, 2.05) is 77.1 Å². The number of carbonyl (C=O) groups excluding carboxylic acids is 2. The third-order valence-corrected chi connectivity index (χ3v) is 5.21. The number of anilines is 1. The van der Waals surface area contributed by atoms with Gasteiger partial charge in [-0.25, -0.2) is 0 Å². The molecule has 0 fully saturated rings. The first kappa shape index (κ1) is 21.7. The van der Waals surface area contributed by atoms with Crippen molar-refractivity contribution in [2.45, 2.75) is 60.0 Å². The van der Waals surface area contributed by atoms with Gasteiger partial charge in [-0.2, -0.15) is 0 Å². The average molecular weight is 382 g/mol. The number of benzene rings is 2. The lowest BCUT2D eigenvalue weighted by molar-refractivity contribution is -0.155. The van der Waals surface area contributed by atoms with E-state index in [-0.39, 0.29) is 23.7 Å². The van der Waals surface area contributed by atoms with Gasteiger partial charge in [0.15, 0.2) is 6.10 Å². The van der Waals surface area contributed by atoms with Crippen LogP contribution in [0.25, 0.3) is 0 Å². The molecule has 3 atom stereocenters. The van der Waals surface area contributed by atoms with Crippen LogP contribution in [0.15, 0.2) is 42.5 Å². The van der Waals surface area contributed by atoms with Gasteiger partial charge in [0.1, 0.15) is 0 Å². The molecule has 2 rings (SSSR count). The second-order valence-corrected chi connectivity index (χ2v) is 7.62. The molecule has 0 aromatic heterocycles. The molecule has 4 heteroatoms. The number of carbonyl (C=O) groups is 2. The molecule has 1 amide bonds. The fourth-order valence-corrected chi connectivity index (χ4v) is 3.50. The van der Waals surface area contributed by atoms with Crippen molar-refractivity contribution in [1.82, 2.24) is 0 Å². The largest absolute Gasteiger partial charge is 0.452 e. The van der Waals surface area contributed by atoms with Gasteiger partial charge in [0.2, 0.25) is 0 Å². The zero-order chi connectivity index (χ0) is 20.8. The lowest BCUT2D eigenvalue weighted by atomic mass is 9.85. The van der Waals surface area contributed by atoms with E-state index in [0.29, 0.717) is 0 Å². The molecule has 0 radical (unpaired) electrons. The minimum atomic E-state index is -0.872. The Morgan fingerprint density at radius 1 is 1.00 bits per heavy atom. The molecule has 0 heterocycles. The lowest BCUT2D eigenvalue weighted by Crippen LogP contribution is -2.33. The van der Waals surface area contributed by atoms with Gasteiger partial charge in [-0.15, -0.1) is 0 Å². The lowest BCUT2D eigenvalue weighted by Gasteiger charge is -2.24. The van der Waals surface area contributed by atoms with Crippen LogP contribution in [0, 0.1) is 26.7 Å². The summed E-state index contributed by atoms with van der Waals surface area (Å²) in [4.78, 5) is 25.5. The maximum atomic E-state index is 12.9. The van der Waals surface area contributed by atoms with E-state index in [4.69, 9.17) is 4.74 Å². The smallest absolute Gasteiger partial charge is 0.314 e. The van der Waals surface area contributed by atoms with Crippen molar-refractivity contribution >= 4 is 17.6 Å². The van der Waals surface area contributed by atoms with E-state index in [1.54, 1.807) is 6.92 Å². The number of esters is 1. The topological polar surface area (TPSA) is 55.4 Å². The van der Waals surface area contributed by atoms with Gasteiger partial charge in [-0.1, -0.05) is 68.3 Å². The Morgan fingerprint density at radius 2 is 1.57 bits per heavy atom. The summed E-state index contributed by atoms with van der Waals surface area (Å²) >= 11 is 0. The molecule has 4 nitrogen and oxygen atoms in total. The number of hydrogen-bond donors (Lipinski definition) is 1. The molecular formula is C24H31NO3. The summed E-state index contributed by atoms with van der Waals surface area (Å²) in [7, 11) is 0. The van der Waals surface area contributed by atoms with Gasteiger partial charge in [0.25, 0.3) is 5.91 Å². The van der Waals surface area contributed by atoms with Crippen molar-refractivity contribution in [3.8, 4) is 0 Å². The van der Waals surface area contributed by atoms with Crippen LogP contribution >= 0.6 is 0 Å². The normalized spacial score (nSPS) is 14.1. The van der Waals surface area contributed by atoms with Crippen LogP contribution < -0.4 is 5.32 Å². The van der Waals surface area contributed by atoms with Gasteiger partial charge in [0, 0.05) is 5.69 Å². The van der Waals surface area contributed by atoms with Crippen molar-refractivity contribution in [3.05, 3.63) is 64.7 Å². The zero-order valence-corrected chi connectivity index (χ0v) is 17.7. The Labute approximate surface area is 168 Å². The molecule has 1 N–H and O–H groups in total. The van der Waals surface area contributed by atoms with Crippen molar-refractivity contribution in [2.24, 2.45) is 5.92 Å². The highest BCUT2D eigenvalue weighted by molar-refractivity contribution is 5.96. The first-order chi connectivity index (χ1) is 13.2. The molecule has 150 valence electrons. The quantitative estimate of drug-likeness (QED) is 0.661. The molecule has 0 spiro atoms. The molecule has 0 aliphatic heterocycles. The van der Waals surface area contributed by atoms with E-state index in [2.05, 4.69) is 5.32 Å². The van der Waals surface area contributed by atoms with Crippen molar-refractivity contribution < 1.29 is 14.3 Å². The van der Waals surface area contributed by atoms with Crippen molar-refractivity contribution in [3.63, 3.8) is 0 Å². The average Bonchev–Trinajstić information content (AvgIpc) is 2.65. The molecule has 0 saturated carbocycles. The Balaban J connectivity index is 2.12. The number of rotatable bonds is 7. The van der Waals surface area contributed by atoms with Gasteiger partial charge in [0.05, 0.1) is 5.92 Å². The second-order valence-electron chi connectivity index (χ2n) is 7.62. The summed E-state index contributed by atoms with van der Waals surface area (Å²) in [6, 6.07) is 13.7. The third kappa shape index (κ3) is 5.22. The zero-order valence-electron chi connectivity index (χ0n) is 17.7. The van der Waals surface area contributed by atoms with E-state index >= 15 is 0 Å². The van der Waals surface area contributed by atoms with Gasteiger partial charge in [-0.05, 0) is 50.3 Å². The highest BCUT2D eigenvalue weighted by atomic mass is 16.5. The molecule has 0 saturated heterocycles.